The molecule has 2 heterocycles. The monoisotopic (exact) mass is 440 g/mol. The van der Waals surface area contributed by atoms with Crippen molar-refractivity contribution in [2.24, 2.45) is 0 Å². The highest BCUT2D eigenvalue weighted by atomic mass is 35.5. The second-order valence-electron chi connectivity index (χ2n) is 7.09. The zero-order chi connectivity index (χ0) is 21.3. The lowest BCUT2D eigenvalue weighted by Gasteiger charge is -2.24. The van der Waals surface area contributed by atoms with Crippen molar-refractivity contribution in [2.75, 3.05) is 17.2 Å². The van der Waals surface area contributed by atoms with Gasteiger partial charge in [-0.2, -0.15) is 0 Å². The van der Waals surface area contributed by atoms with Gasteiger partial charge in [-0.1, -0.05) is 41.4 Å². The molecule has 1 fully saturated rings. The number of hydrogen-bond donors (Lipinski definition) is 2. The van der Waals surface area contributed by atoms with Crippen LogP contribution in [0.4, 0.5) is 16.2 Å². The fourth-order valence-corrected chi connectivity index (χ4v) is 3.97. The fourth-order valence-electron chi connectivity index (χ4n) is 3.45. The Labute approximate surface area is 183 Å². The highest BCUT2D eigenvalue weighted by Crippen LogP contribution is 2.27. The van der Waals surface area contributed by atoms with E-state index in [9.17, 15) is 9.59 Å². The molecule has 1 aliphatic heterocycles. The number of aromatic nitrogens is 1. The lowest BCUT2D eigenvalue weighted by atomic mass is 10.1. The van der Waals surface area contributed by atoms with Crippen molar-refractivity contribution in [2.45, 2.75) is 12.5 Å². The first-order valence-corrected chi connectivity index (χ1v) is 10.0. The third-order valence-electron chi connectivity index (χ3n) is 4.80. The predicted molar refractivity (Wildman–Crippen MR) is 120 cm³/mol. The molecule has 3 amide bonds. The molecular weight excluding hydrogens is 423 g/mol. The Hall–Kier alpha value is -3.09. The summed E-state index contributed by atoms with van der Waals surface area (Å²) in [6, 6.07) is 12.9. The SMILES string of the molecule is C=C1C[C@@H](C(=O)Nc2ccc3ncccc3c2)N(C(=O)Nc2cc(Cl)cc(Cl)c2)C1. The average molecular weight is 441 g/mol. The van der Waals surface area contributed by atoms with Crippen LogP contribution < -0.4 is 10.6 Å². The topological polar surface area (TPSA) is 74.3 Å². The molecule has 1 aromatic heterocycles. The molecule has 6 nitrogen and oxygen atoms in total. The molecule has 1 aliphatic rings. The van der Waals surface area contributed by atoms with Crippen LogP contribution in [0.2, 0.25) is 10.0 Å². The van der Waals surface area contributed by atoms with Crippen LogP contribution in [0.25, 0.3) is 10.9 Å². The third kappa shape index (κ3) is 4.40. The number of amides is 3. The number of fused-ring (bicyclic) bond motifs is 1. The predicted octanol–water partition coefficient (Wildman–Crippen LogP) is 5.34. The number of nitrogens with zero attached hydrogens (tertiary/aromatic N) is 2. The smallest absolute Gasteiger partial charge is 0.322 e. The van der Waals surface area contributed by atoms with Crippen molar-refractivity contribution in [3.05, 3.63) is 76.9 Å². The Morgan fingerprint density at radius 3 is 2.57 bits per heavy atom. The van der Waals surface area contributed by atoms with Crippen LogP contribution in [0.5, 0.6) is 0 Å². The summed E-state index contributed by atoms with van der Waals surface area (Å²) in [5.74, 6) is -0.281. The van der Waals surface area contributed by atoms with E-state index in [1.165, 1.54) is 4.90 Å². The van der Waals surface area contributed by atoms with E-state index in [0.717, 1.165) is 16.5 Å². The largest absolute Gasteiger partial charge is 0.324 e. The van der Waals surface area contributed by atoms with Gasteiger partial charge in [0.15, 0.2) is 0 Å². The minimum Gasteiger partial charge on any atom is -0.324 e. The van der Waals surface area contributed by atoms with Crippen LogP contribution in [0, 0.1) is 0 Å². The normalized spacial score (nSPS) is 16.0. The minimum absolute atomic E-state index is 0.281. The summed E-state index contributed by atoms with van der Waals surface area (Å²) >= 11 is 12.0. The summed E-state index contributed by atoms with van der Waals surface area (Å²) in [5.41, 5.74) is 2.74. The van der Waals surface area contributed by atoms with E-state index in [1.807, 2.05) is 24.3 Å². The molecule has 3 aromatic rings. The maximum atomic E-state index is 12.9. The van der Waals surface area contributed by atoms with Crippen molar-refractivity contribution >= 4 is 57.4 Å². The Morgan fingerprint density at radius 2 is 1.80 bits per heavy atom. The Kier molecular flexibility index (Phi) is 5.61. The van der Waals surface area contributed by atoms with Gasteiger partial charge >= 0.3 is 6.03 Å². The number of likely N-dealkylation sites (tertiary alicyclic amines) is 1. The summed E-state index contributed by atoms with van der Waals surface area (Å²) < 4.78 is 0. The molecule has 152 valence electrons. The standard InChI is InChI=1S/C22H18Cl2N4O2/c1-13-7-20(21(29)26-17-4-5-19-14(8-17)3-2-6-25-19)28(12-13)22(30)27-18-10-15(23)9-16(24)11-18/h2-6,8-11,20H,1,7,12H2,(H,26,29)(H,27,30)/t20-/m0/s1. The minimum atomic E-state index is -0.670. The first kappa shape index (κ1) is 20.2. The van der Waals surface area contributed by atoms with Gasteiger partial charge in [0.25, 0.3) is 0 Å². The summed E-state index contributed by atoms with van der Waals surface area (Å²) in [6.07, 6.45) is 2.11. The van der Waals surface area contributed by atoms with Gasteiger partial charge in [-0.3, -0.25) is 9.78 Å². The number of benzene rings is 2. The molecule has 2 N–H and O–H groups in total. The number of rotatable bonds is 3. The van der Waals surface area contributed by atoms with Crippen LogP contribution in [0.15, 0.2) is 66.9 Å². The molecule has 0 aliphatic carbocycles. The van der Waals surface area contributed by atoms with Gasteiger partial charge in [0.2, 0.25) is 5.91 Å². The quantitative estimate of drug-likeness (QED) is 0.539. The van der Waals surface area contributed by atoms with Crippen molar-refractivity contribution in [3.8, 4) is 0 Å². The van der Waals surface area contributed by atoms with E-state index in [2.05, 4.69) is 22.2 Å². The molecule has 4 rings (SSSR count). The molecule has 2 aromatic carbocycles. The van der Waals surface area contributed by atoms with Crippen molar-refractivity contribution in [1.29, 1.82) is 0 Å². The van der Waals surface area contributed by atoms with E-state index in [1.54, 1.807) is 30.5 Å². The molecule has 8 heteroatoms. The van der Waals surface area contributed by atoms with Crippen LogP contribution in [0.1, 0.15) is 6.42 Å². The van der Waals surface area contributed by atoms with Gasteiger partial charge in [-0.25, -0.2) is 4.79 Å². The highest BCUT2D eigenvalue weighted by Gasteiger charge is 2.36. The fraction of sp³-hybridized carbons (Fsp3) is 0.136. The molecule has 0 radical (unpaired) electrons. The number of carbonyl (C=O) groups is 2. The summed E-state index contributed by atoms with van der Waals surface area (Å²) in [6.45, 7) is 4.24. The Bertz CT molecular complexity index is 1140. The van der Waals surface area contributed by atoms with Crippen LogP contribution in [0.3, 0.4) is 0 Å². The zero-order valence-corrected chi connectivity index (χ0v) is 17.4. The molecular formula is C22H18Cl2N4O2. The van der Waals surface area contributed by atoms with E-state index in [4.69, 9.17) is 23.2 Å². The maximum Gasteiger partial charge on any atom is 0.322 e. The first-order valence-electron chi connectivity index (χ1n) is 9.25. The van der Waals surface area contributed by atoms with Gasteiger partial charge in [-0.15, -0.1) is 0 Å². The van der Waals surface area contributed by atoms with Gasteiger partial charge in [0.05, 0.1) is 5.52 Å². The van der Waals surface area contributed by atoms with Gasteiger partial charge in [-0.05, 0) is 48.9 Å². The zero-order valence-electron chi connectivity index (χ0n) is 15.9. The number of nitrogens with one attached hydrogen (secondary N) is 2. The van der Waals surface area contributed by atoms with E-state index < -0.39 is 12.1 Å². The van der Waals surface area contributed by atoms with E-state index in [0.29, 0.717) is 34.4 Å². The van der Waals surface area contributed by atoms with Gasteiger partial charge < -0.3 is 15.5 Å². The maximum absolute atomic E-state index is 12.9. The summed E-state index contributed by atoms with van der Waals surface area (Å²) in [5, 5.41) is 7.37. The molecule has 1 saturated heterocycles. The van der Waals surface area contributed by atoms with E-state index >= 15 is 0 Å². The number of anilines is 2. The highest BCUT2D eigenvalue weighted by molar-refractivity contribution is 6.35. The third-order valence-corrected chi connectivity index (χ3v) is 5.24. The molecule has 1 atom stereocenters. The second kappa shape index (κ2) is 8.34. The molecule has 0 bridgehead atoms. The Morgan fingerprint density at radius 1 is 1.03 bits per heavy atom. The summed E-state index contributed by atoms with van der Waals surface area (Å²) in [4.78, 5) is 31.5. The number of urea groups is 1. The average Bonchev–Trinajstić information content (AvgIpc) is 3.09. The number of halogens is 2. The first-order chi connectivity index (χ1) is 14.4. The number of hydrogen-bond acceptors (Lipinski definition) is 3. The lowest BCUT2D eigenvalue weighted by Crippen LogP contribution is -2.45. The Balaban J connectivity index is 1.50. The van der Waals surface area contributed by atoms with Crippen molar-refractivity contribution in [3.63, 3.8) is 0 Å². The molecule has 0 spiro atoms. The van der Waals surface area contributed by atoms with Crippen LogP contribution >= 0.6 is 23.2 Å². The van der Waals surface area contributed by atoms with Crippen molar-refractivity contribution < 1.29 is 9.59 Å². The lowest BCUT2D eigenvalue weighted by molar-refractivity contribution is -0.119. The van der Waals surface area contributed by atoms with Crippen molar-refractivity contribution in [1.82, 2.24) is 9.88 Å². The molecule has 30 heavy (non-hydrogen) atoms. The summed E-state index contributed by atoms with van der Waals surface area (Å²) in [7, 11) is 0. The second-order valence-corrected chi connectivity index (χ2v) is 7.96. The number of pyridine rings is 1. The number of carbonyl (C=O) groups excluding carboxylic acids is 2. The van der Waals surface area contributed by atoms with Crippen LogP contribution in [-0.4, -0.2) is 34.4 Å². The van der Waals surface area contributed by atoms with Gasteiger partial charge in [0.1, 0.15) is 6.04 Å². The van der Waals surface area contributed by atoms with Crippen LogP contribution in [-0.2, 0) is 4.79 Å². The molecule has 0 saturated carbocycles. The van der Waals surface area contributed by atoms with E-state index in [-0.39, 0.29) is 5.91 Å². The van der Waals surface area contributed by atoms with Gasteiger partial charge in [0, 0.05) is 39.5 Å². The molecule has 0 unspecified atom stereocenters.